The molecule has 1 aromatic heterocycles. The summed E-state index contributed by atoms with van der Waals surface area (Å²) in [7, 11) is 0. The first-order valence-electron chi connectivity index (χ1n) is 6.09. The summed E-state index contributed by atoms with van der Waals surface area (Å²) in [5.74, 6) is 0.765. The first-order chi connectivity index (χ1) is 8.81. The van der Waals surface area contributed by atoms with E-state index < -0.39 is 0 Å². The van der Waals surface area contributed by atoms with E-state index in [4.69, 9.17) is 10.5 Å². The number of benzene rings is 1. The van der Waals surface area contributed by atoms with Crippen molar-refractivity contribution < 1.29 is 4.74 Å². The molecule has 0 aliphatic heterocycles. The first kappa shape index (κ1) is 12.5. The molecule has 0 saturated heterocycles. The molecule has 94 valence electrons. The zero-order chi connectivity index (χ0) is 12.8. The van der Waals surface area contributed by atoms with Crippen LogP contribution in [0.4, 0.5) is 0 Å². The summed E-state index contributed by atoms with van der Waals surface area (Å²) in [6.07, 6.45) is 5.26. The van der Waals surface area contributed by atoms with E-state index in [-0.39, 0.29) is 0 Å². The monoisotopic (exact) mass is 243 g/mol. The zero-order valence-electron chi connectivity index (χ0n) is 10.5. The standard InChI is InChI=1S/C14H17N3O/c1-2-11-4-3-5-13(8-11)18-14-16-9-12(6-7-15)10-17-14/h3-5,8-10H,2,6-7,15H2,1H3. The van der Waals surface area contributed by atoms with Gasteiger partial charge >= 0.3 is 6.01 Å². The summed E-state index contributed by atoms with van der Waals surface area (Å²) in [6, 6.07) is 8.30. The molecule has 0 spiro atoms. The van der Waals surface area contributed by atoms with Crippen molar-refractivity contribution in [2.75, 3.05) is 6.54 Å². The minimum absolute atomic E-state index is 0.365. The number of nitrogens with two attached hydrogens (primary N) is 1. The van der Waals surface area contributed by atoms with E-state index >= 15 is 0 Å². The van der Waals surface area contributed by atoms with Gasteiger partial charge in [0.1, 0.15) is 5.75 Å². The third-order valence-corrected chi connectivity index (χ3v) is 2.63. The van der Waals surface area contributed by atoms with Crippen molar-refractivity contribution in [2.24, 2.45) is 5.73 Å². The van der Waals surface area contributed by atoms with Gasteiger partial charge in [0, 0.05) is 12.4 Å². The van der Waals surface area contributed by atoms with E-state index in [2.05, 4.69) is 23.0 Å². The van der Waals surface area contributed by atoms with Gasteiger partial charge in [-0.05, 0) is 42.6 Å². The van der Waals surface area contributed by atoms with Crippen LogP contribution in [-0.2, 0) is 12.8 Å². The van der Waals surface area contributed by atoms with Gasteiger partial charge in [-0.1, -0.05) is 19.1 Å². The number of ether oxygens (including phenoxy) is 1. The molecule has 0 atom stereocenters. The van der Waals surface area contributed by atoms with Gasteiger partial charge in [0.05, 0.1) is 0 Å². The highest BCUT2D eigenvalue weighted by atomic mass is 16.5. The van der Waals surface area contributed by atoms with Gasteiger partial charge in [-0.15, -0.1) is 0 Å². The van der Waals surface area contributed by atoms with Gasteiger partial charge in [0.2, 0.25) is 0 Å². The van der Waals surface area contributed by atoms with E-state index in [1.54, 1.807) is 12.4 Å². The molecule has 0 saturated carbocycles. The van der Waals surface area contributed by atoms with E-state index in [1.165, 1.54) is 5.56 Å². The van der Waals surface area contributed by atoms with Crippen molar-refractivity contribution in [1.29, 1.82) is 0 Å². The molecule has 1 heterocycles. The predicted molar refractivity (Wildman–Crippen MR) is 70.7 cm³/mol. The third kappa shape index (κ3) is 3.28. The Kier molecular flexibility index (Phi) is 4.25. The van der Waals surface area contributed by atoms with Crippen molar-refractivity contribution in [3.05, 3.63) is 47.8 Å². The number of nitrogens with zero attached hydrogens (tertiary/aromatic N) is 2. The first-order valence-corrected chi connectivity index (χ1v) is 6.09. The maximum atomic E-state index is 5.60. The lowest BCUT2D eigenvalue weighted by Gasteiger charge is -2.05. The predicted octanol–water partition coefficient (Wildman–Crippen LogP) is 2.33. The molecule has 0 radical (unpaired) electrons. The Morgan fingerprint density at radius 3 is 2.61 bits per heavy atom. The maximum absolute atomic E-state index is 5.60. The largest absolute Gasteiger partial charge is 0.424 e. The molecule has 4 heteroatoms. The second-order valence-electron chi connectivity index (χ2n) is 4.02. The van der Waals surface area contributed by atoms with Crippen molar-refractivity contribution in [1.82, 2.24) is 9.97 Å². The Hall–Kier alpha value is -1.94. The molecule has 4 nitrogen and oxygen atoms in total. The average Bonchev–Trinajstić information content (AvgIpc) is 2.42. The van der Waals surface area contributed by atoms with Crippen molar-refractivity contribution in [2.45, 2.75) is 19.8 Å². The van der Waals surface area contributed by atoms with Crippen LogP contribution in [0, 0.1) is 0 Å². The number of hydrogen-bond donors (Lipinski definition) is 1. The molecule has 2 rings (SSSR count). The van der Waals surface area contributed by atoms with Gasteiger partial charge in [-0.25, -0.2) is 9.97 Å². The molecular formula is C14H17N3O. The summed E-state index contributed by atoms with van der Waals surface area (Å²) >= 11 is 0. The van der Waals surface area contributed by atoms with Crippen LogP contribution >= 0.6 is 0 Å². The van der Waals surface area contributed by atoms with Gasteiger partial charge in [-0.2, -0.15) is 0 Å². The highest BCUT2D eigenvalue weighted by Gasteiger charge is 2.01. The maximum Gasteiger partial charge on any atom is 0.321 e. The zero-order valence-corrected chi connectivity index (χ0v) is 10.5. The van der Waals surface area contributed by atoms with Crippen molar-refractivity contribution in [3.8, 4) is 11.8 Å². The van der Waals surface area contributed by atoms with Crippen molar-refractivity contribution in [3.63, 3.8) is 0 Å². The lowest BCUT2D eigenvalue weighted by molar-refractivity contribution is 0.440. The highest BCUT2D eigenvalue weighted by Crippen LogP contribution is 2.19. The van der Waals surface area contributed by atoms with Crippen LogP contribution in [0.25, 0.3) is 0 Å². The molecule has 0 amide bonds. The Morgan fingerprint density at radius 2 is 1.94 bits per heavy atom. The van der Waals surface area contributed by atoms with E-state index in [1.807, 2.05) is 18.2 Å². The molecule has 18 heavy (non-hydrogen) atoms. The Labute approximate surface area is 107 Å². The fourth-order valence-electron chi connectivity index (χ4n) is 1.63. The van der Waals surface area contributed by atoms with Gasteiger partial charge in [0.25, 0.3) is 0 Å². The molecule has 0 aliphatic carbocycles. The van der Waals surface area contributed by atoms with Gasteiger partial charge in [0.15, 0.2) is 0 Å². The fourth-order valence-corrected chi connectivity index (χ4v) is 1.63. The number of rotatable bonds is 5. The summed E-state index contributed by atoms with van der Waals surface area (Å²) < 4.78 is 5.60. The molecule has 0 unspecified atom stereocenters. The minimum atomic E-state index is 0.365. The van der Waals surface area contributed by atoms with E-state index in [9.17, 15) is 0 Å². The number of aryl methyl sites for hydroxylation is 1. The van der Waals surface area contributed by atoms with E-state index in [0.717, 1.165) is 24.2 Å². The van der Waals surface area contributed by atoms with Crippen molar-refractivity contribution >= 4 is 0 Å². The molecule has 0 bridgehead atoms. The Bertz CT molecular complexity index is 497. The molecule has 0 fully saturated rings. The molecule has 2 aromatic rings. The molecule has 1 aromatic carbocycles. The second kappa shape index (κ2) is 6.12. The van der Waals surface area contributed by atoms with Gasteiger partial charge in [-0.3, -0.25) is 0 Å². The van der Waals surface area contributed by atoms with Gasteiger partial charge < -0.3 is 10.5 Å². The lowest BCUT2D eigenvalue weighted by atomic mass is 10.2. The minimum Gasteiger partial charge on any atom is -0.424 e. The van der Waals surface area contributed by atoms with Crippen LogP contribution in [0.3, 0.4) is 0 Å². The highest BCUT2D eigenvalue weighted by molar-refractivity contribution is 5.30. The summed E-state index contributed by atoms with van der Waals surface area (Å²) in [5.41, 5.74) is 7.72. The van der Waals surface area contributed by atoms with Crippen LogP contribution in [0.5, 0.6) is 11.8 Å². The quantitative estimate of drug-likeness (QED) is 0.875. The molecule has 0 aliphatic rings. The number of aromatic nitrogens is 2. The smallest absolute Gasteiger partial charge is 0.321 e. The topological polar surface area (TPSA) is 61.0 Å². The fraction of sp³-hybridized carbons (Fsp3) is 0.286. The summed E-state index contributed by atoms with van der Waals surface area (Å²) in [4.78, 5) is 8.32. The third-order valence-electron chi connectivity index (χ3n) is 2.63. The SMILES string of the molecule is CCc1cccc(Oc2ncc(CCN)cn2)c1. The van der Waals surface area contributed by atoms with Crippen LogP contribution in [-0.4, -0.2) is 16.5 Å². The van der Waals surface area contributed by atoms with Crippen LogP contribution in [0.2, 0.25) is 0 Å². The molecule has 2 N–H and O–H groups in total. The number of hydrogen-bond acceptors (Lipinski definition) is 4. The average molecular weight is 243 g/mol. The lowest BCUT2D eigenvalue weighted by Crippen LogP contribution is -2.03. The second-order valence-corrected chi connectivity index (χ2v) is 4.02. The Balaban J connectivity index is 2.08. The van der Waals surface area contributed by atoms with Crippen LogP contribution in [0.1, 0.15) is 18.1 Å². The summed E-state index contributed by atoms with van der Waals surface area (Å²) in [5, 5.41) is 0. The van der Waals surface area contributed by atoms with E-state index in [0.29, 0.717) is 12.6 Å². The summed E-state index contributed by atoms with van der Waals surface area (Å²) in [6.45, 7) is 2.71. The Morgan fingerprint density at radius 1 is 1.17 bits per heavy atom. The van der Waals surface area contributed by atoms with Crippen LogP contribution in [0.15, 0.2) is 36.7 Å². The molecular weight excluding hydrogens is 226 g/mol. The van der Waals surface area contributed by atoms with Crippen LogP contribution < -0.4 is 10.5 Å². The normalized spacial score (nSPS) is 10.3.